The number of nitrogens with zero attached hydrogens (tertiary/aromatic N) is 2. The van der Waals surface area contributed by atoms with Gasteiger partial charge in [0.2, 0.25) is 5.88 Å². The molecule has 0 bridgehead atoms. The first kappa shape index (κ1) is 15.0. The maximum atomic E-state index is 11.2. The monoisotopic (exact) mass is 273 g/mol. The van der Waals surface area contributed by atoms with Gasteiger partial charge in [-0.1, -0.05) is 11.6 Å². The number of H-pyrrole nitrogens is 1. The van der Waals surface area contributed by atoms with Crippen LogP contribution < -0.4 is 10.3 Å². The Morgan fingerprint density at radius 1 is 1.39 bits per heavy atom. The minimum atomic E-state index is -0.383. The number of halogens is 1. The molecule has 0 saturated carbocycles. The Bertz CT molecular complexity index is 424. The highest BCUT2D eigenvalue weighted by atomic mass is 35.5. The lowest BCUT2D eigenvalue weighted by molar-refractivity contribution is 0.140. The Morgan fingerprint density at radius 3 is 2.56 bits per heavy atom. The van der Waals surface area contributed by atoms with E-state index < -0.39 is 0 Å². The number of rotatable bonds is 6. The van der Waals surface area contributed by atoms with Crippen molar-refractivity contribution in [3.8, 4) is 5.88 Å². The number of aromatic amines is 1. The van der Waals surface area contributed by atoms with Crippen molar-refractivity contribution in [2.24, 2.45) is 0 Å². The van der Waals surface area contributed by atoms with E-state index in [1.165, 1.54) is 6.33 Å². The van der Waals surface area contributed by atoms with E-state index in [4.69, 9.17) is 16.3 Å². The molecule has 1 rings (SSSR count). The molecule has 0 fully saturated rings. The summed E-state index contributed by atoms with van der Waals surface area (Å²) < 4.78 is 5.44. The zero-order chi connectivity index (χ0) is 13.7. The molecule has 0 atom stereocenters. The van der Waals surface area contributed by atoms with Crippen LogP contribution in [-0.4, -0.2) is 40.1 Å². The van der Waals surface area contributed by atoms with Crippen molar-refractivity contribution in [2.75, 3.05) is 13.2 Å². The van der Waals surface area contributed by atoms with Crippen LogP contribution in [0.4, 0.5) is 0 Å². The fourth-order valence-corrected chi connectivity index (χ4v) is 1.99. The molecule has 1 heterocycles. The molecule has 1 aromatic rings. The van der Waals surface area contributed by atoms with Gasteiger partial charge < -0.3 is 9.72 Å². The summed E-state index contributed by atoms with van der Waals surface area (Å²) in [6.45, 7) is 9.76. The van der Waals surface area contributed by atoms with Gasteiger partial charge in [0.25, 0.3) is 5.56 Å². The quantitative estimate of drug-likeness (QED) is 0.860. The van der Waals surface area contributed by atoms with Crippen LogP contribution in [0.3, 0.4) is 0 Å². The Kier molecular flexibility index (Phi) is 5.62. The highest BCUT2D eigenvalue weighted by Crippen LogP contribution is 2.15. The lowest BCUT2D eigenvalue weighted by Gasteiger charge is -2.30. The number of aromatic nitrogens is 2. The van der Waals surface area contributed by atoms with E-state index in [2.05, 4.69) is 42.6 Å². The molecule has 102 valence electrons. The van der Waals surface area contributed by atoms with E-state index in [1.54, 1.807) is 0 Å². The minimum Gasteiger partial charge on any atom is -0.475 e. The first-order chi connectivity index (χ1) is 8.43. The third-order valence-electron chi connectivity index (χ3n) is 2.68. The molecule has 0 amide bonds. The second kappa shape index (κ2) is 6.75. The zero-order valence-electron chi connectivity index (χ0n) is 11.2. The Morgan fingerprint density at radius 2 is 2.00 bits per heavy atom. The summed E-state index contributed by atoms with van der Waals surface area (Å²) in [4.78, 5) is 19.8. The molecule has 0 aromatic carbocycles. The van der Waals surface area contributed by atoms with Crippen LogP contribution in [0.1, 0.15) is 27.7 Å². The second-order valence-electron chi connectivity index (χ2n) is 4.62. The predicted octanol–water partition coefficient (Wildman–Crippen LogP) is 1.92. The normalized spacial score (nSPS) is 11.6. The number of ether oxygens (including phenoxy) is 1. The first-order valence-corrected chi connectivity index (χ1v) is 6.43. The summed E-state index contributed by atoms with van der Waals surface area (Å²) >= 11 is 5.79. The first-order valence-electron chi connectivity index (χ1n) is 6.05. The smallest absolute Gasteiger partial charge is 0.273 e. The third-order valence-corrected chi connectivity index (χ3v) is 3.01. The number of nitrogens with one attached hydrogen (secondary N) is 1. The van der Waals surface area contributed by atoms with Gasteiger partial charge in [-0.15, -0.1) is 0 Å². The minimum absolute atomic E-state index is 0.00172. The van der Waals surface area contributed by atoms with Crippen LogP contribution in [0.15, 0.2) is 11.1 Å². The van der Waals surface area contributed by atoms with Crippen molar-refractivity contribution in [3.63, 3.8) is 0 Å². The fourth-order valence-electron chi connectivity index (χ4n) is 1.83. The standard InChI is InChI=1S/C12H20ClN3O2/c1-8(2)16(9(3)4)5-6-18-12-10(13)11(17)14-7-15-12/h7-9H,5-6H2,1-4H3,(H,14,15,17). The summed E-state index contributed by atoms with van der Waals surface area (Å²) in [7, 11) is 0. The predicted molar refractivity (Wildman–Crippen MR) is 72.3 cm³/mol. The molecule has 0 aliphatic carbocycles. The molecular formula is C12H20ClN3O2. The molecule has 1 N–H and O–H groups in total. The van der Waals surface area contributed by atoms with Crippen LogP contribution in [0, 0.1) is 0 Å². The maximum Gasteiger partial charge on any atom is 0.273 e. The van der Waals surface area contributed by atoms with Crippen molar-refractivity contribution in [2.45, 2.75) is 39.8 Å². The van der Waals surface area contributed by atoms with Gasteiger partial charge in [-0.05, 0) is 27.7 Å². The van der Waals surface area contributed by atoms with E-state index >= 15 is 0 Å². The van der Waals surface area contributed by atoms with Crippen molar-refractivity contribution < 1.29 is 4.74 Å². The summed E-state index contributed by atoms with van der Waals surface area (Å²) in [6, 6.07) is 0.882. The summed E-state index contributed by atoms with van der Waals surface area (Å²) in [5.74, 6) is 0.188. The highest BCUT2D eigenvalue weighted by molar-refractivity contribution is 6.31. The second-order valence-corrected chi connectivity index (χ2v) is 5.00. The average Bonchev–Trinajstić information content (AvgIpc) is 2.28. The average molecular weight is 274 g/mol. The molecule has 0 spiro atoms. The maximum absolute atomic E-state index is 11.2. The van der Waals surface area contributed by atoms with Gasteiger partial charge in [-0.3, -0.25) is 9.69 Å². The molecule has 0 aliphatic heterocycles. The van der Waals surface area contributed by atoms with Gasteiger partial charge in [-0.25, -0.2) is 4.98 Å². The number of hydrogen-bond donors (Lipinski definition) is 1. The van der Waals surface area contributed by atoms with Crippen LogP contribution in [0.25, 0.3) is 0 Å². The Hall–Kier alpha value is -1.07. The van der Waals surface area contributed by atoms with Gasteiger partial charge in [0.15, 0.2) is 5.02 Å². The van der Waals surface area contributed by atoms with Crippen LogP contribution in [0.2, 0.25) is 5.02 Å². The lowest BCUT2D eigenvalue weighted by Crippen LogP contribution is -2.39. The van der Waals surface area contributed by atoms with Crippen molar-refractivity contribution in [1.82, 2.24) is 14.9 Å². The van der Waals surface area contributed by atoms with Crippen molar-refractivity contribution >= 4 is 11.6 Å². The molecular weight excluding hydrogens is 254 g/mol. The SMILES string of the molecule is CC(C)N(CCOc1nc[nH]c(=O)c1Cl)C(C)C. The van der Waals surface area contributed by atoms with E-state index in [9.17, 15) is 4.79 Å². The van der Waals surface area contributed by atoms with Gasteiger partial charge >= 0.3 is 0 Å². The zero-order valence-corrected chi connectivity index (χ0v) is 12.0. The lowest BCUT2D eigenvalue weighted by atomic mass is 10.2. The molecule has 0 aliphatic rings. The van der Waals surface area contributed by atoms with E-state index in [0.717, 1.165) is 6.54 Å². The summed E-state index contributed by atoms with van der Waals surface area (Å²) in [5, 5.41) is -0.00172. The van der Waals surface area contributed by atoms with Gasteiger partial charge in [0, 0.05) is 18.6 Å². The molecule has 6 heteroatoms. The topological polar surface area (TPSA) is 58.2 Å². The van der Waals surface area contributed by atoms with Gasteiger partial charge in [0.1, 0.15) is 6.61 Å². The van der Waals surface area contributed by atoms with Gasteiger partial charge in [-0.2, -0.15) is 0 Å². The molecule has 1 aromatic heterocycles. The highest BCUT2D eigenvalue weighted by Gasteiger charge is 2.14. The van der Waals surface area contributed by atoms with Crippen molar-refractivity contribution in [1.29, 1.82) is 0 Å². The van der Waals surface area contributed by atoms with E-state index in [1.807, 2.05) is 0 Å². The number of hydrogen-bond acceptors (Lipinski definition) is 4. The molecule has 5 nitrogen and oxygen atoms in total. The van der Waals surface area contributed by atoms with Gasteiger partial charge in [0.05, 0.1) is 6.33 Å². The van der Waals surface area contributed by atoms with Crippen LogP contribution >= 0.6 is 11.6 Å². The Labute approximate surface area is 112 Å². The van der Waals surface area contributed by atoms with Crippen LogP contribution in [0.5, 0.6) is 5.88 Å². The van der Waals surface area contributed by atoms with E-state index in [-0.39, 0.29) is 16.5 Å². The molecule has 18 heavy (non-hydrogen) atoms. The van der Waals surface area contributed by atoms with E-state index in [0.29, 0.717) is 18.7 Å². The summed E-state index contributed by atoms with van der Waals surface area (Å²) in [6.07, 6.45) is 1.28. The summed E-state index contributed by atoms with van der Waals surface area (Å²) in [5.41, 5.74) is -0.383. The van der Waals surface area contributed by atoms with Crippen LogP contribution in [-0.2, 0) is 0 Å². The third kappa shape index (κ3) is 3.99. The van der Waals surface area contributed by atoms with Crippen molar-refractivity contribution in [3.05, 3.63) is 21.7 Å². The fraction of sp³-hybridized carbons (Fsp3) is 0.667. The Balaban J connectivity index is 2.56. The molecule has 0 saturated heterocycles. The molecule has 0 radical (unpaired) electrons. The largest absolute Gasteiger partial charge is 0.475 e. The molecule has 0 unspecified atom stereocenters.